The van der Waals surface area contributed by atoms with E-state index < -0.39 is 5.82 Å². The number of carbonyl (C=O) groups is 1. The lowest BCUT2D eigenvalue weighted by molar-refractivity contribution is 0.103. The molecule has 1 heterocycles. The van der Waals surface area contributed by atoms with Crippen LogP contribution in [-0.2, 0) is 0 Å². The summed E-state index contributed by atoms with van der Waals surface area (Å²) in [4.78, 5) is 13.0. The molecule has 1 N–H and O–H groups in total. The summed E-state index contributed by atoms with van der Waals surface area (Å²) in [6, 6.07) is 5.46. The van der Waals surface area contributed by atoms with Gasteiger partial charge in [0, 0.05) is 10.3 Å². The fraction of sp³-hybridized carbons (Fsp3) is 0. The van der Waals surface area contributed by atoms with Gasteiger partial charge in [0.05, 0.1) is 15.6 Å². The molecule has 0 aliphatic rings. The maximum absolute atomic E-state index is 12.8. The quantitative estimate of drug-likeness (QED) is 0.801. The van der Waals surface area contributed by atoms with Gasteiger partial charge in [-0.2, -0.15) is 0 Å². The Labute approximate surface area is 112 Å². The van der Waals surface area contributed by atoms with Gasteiger partial charge in [0.15, 0.2) is 0 Å². The molecule has 88 valence electrons. The smallest absolute Gasteiger partial charge is 0.265 e. The third-order valence-corrected chi connectivity index (χ3v) is 3.66. The van der Waals surface area contributed by atoms with Crippen LogP contribution in [0.3, 0.4) is 0 Å². The first-order valence-corrected chi connectivity index (χ1v) is 6.30. The first kappa shape index (κ1) is 12.4. The number of carbonyl (C=O) groups excluding carboxylic acids is 1. The van der Waals surface area contributed by atoms with E-state index >= 15 is 0 Å². The van der Waals surface area contributed by atoms with E-state index in [4.69, 9.17) is 11.6 Å². The van der Waals surface area contributed by atoms with E-state index in [9.17, 15) is 9.18 Å². The zero-order chi connectivity index (χ0) is 12.4. The van der Waals surface area contributed by atoms with Crippen molar-refractivity contribution in [1.82, 2.24) is 0 Å². The molecule has 0 spiro atoms. The minimum atomic E-state index is -0.443. The Morgan fingerprint density at radius 3 is 2.76 bits per heavy atom. The molecule has 1 amide bonds. The van der Waals surface area contributed by atoms with Crippen LogP contribution in [0.15, 0.2) is 34.5 Å². The number of hydrogen-bond donors (Lipinski definition) is 2. The van der Waals surface area contributed by atoms with Crippen molar-refractivity contribution in [2.45, 2.75) is 4.90 Å². The summed E-state index contributed by atoms with van der Waals surface area (Å²) in [5.41, 5.74) is 0.382. The van der Waals surface area contributed by atoms with E-state index in [1.54, 1.807) is 11.4 Å². The molecule has 0 aliphatic heterocycles. The topological polar surface area (TPSA) is 29.1 Å². The molecule has 0 fully saturated rings. The monoisotopic (exact) mass is 287 g/mol. The van der Waals surface area contributed by atoms with Crippen molar-refractivity contribution in [3.8, 4) is 0 Å². The van der Waals surface area contributed by atoms with E-state index in [1.807, 2.05) is 0 Å². The fourth-order valence-electron chi connectivity index (χ4n) is 1.22. The van der Waals surface area contributed by atoms with Crippen molar-refractivity contribution in [1.29, 1.82) is 0 Å². The summed E-state index contributed by atoms with van der Waals surface area (Å²) >= 11 is 11.2. The molecule has 0 bridgehead atoms. The predicted octanol–water partition coefficient (Wildman–Crippen LogP) is 4.08. The third-order valence-electron chi connectivity index (χ3n) is 1.99. The Bertz CT molecular complexity index is 570. The first-order chi connectivity index (χ1) is 8.06. The second-order valence-corrected chi connectivity index (χ2v) is 5.08. The molecule has 1 aromatic carbocycles. The number of anilines is 1. The predicted molar refractivity (Wildman–Crippen MR) is 70.9 cm³/mol. The van der Waals surface area contributed by atoms with Crippen molar-refractivity contribution in [3.63, 3.8) is 0 Å². The standard InChI is InChI=1S/C11H7ClFNOS2/c12-8-3-6(13)1-2-9(8)14-11(15)10-4-7(16)5-17-10/h1-5,16H,(H,14,15). The van der Waals surface area contributed by atoms with Gasteiger partial charge in [-0.15, -0.1) is 24.0 Å². The number of thiol groups is 1. The van der Waals surface area contributed by atoms with Crippen LogP contribution < -0.4 is 5.32 Å². The van der Waals surface area contributed by atoms with Gasteiger partial charge in [-0.25, -0.2) is 4.39 Å². The molecule has 2 nitrogen and oxygen atoms in total. The summed E-state index contributed by atoms with van der Waals surface area (Å²) in [6.07, 6.45) is 0. The summed E-state index contributed by atoms with van der Waals surface area (Å²) < 4.78 is 12.8. The number of thiophene rings is 1. The maximum atomic E-state index is 12.8. The number of nitrogens with one attached hydrogen (secondary N) is 1. The molecule has 0 unspecified atom stereocenters. The third kappa shape index (κ3) is 3.00. The van der Waals surface area contributed by atoms with E-state index in [0.29, 0.717) is 10.6 Å². The van der Waals surface area contributed by atoms with E-state index in [0.717, 1.165) is 11.0 Å². The largest absolute Gasteiger partial charge is 0.320 e. The van der Waals surface area contributed by atoms with E-state index in [2.05, 4.69) is 17.9 Å². The van der Waals surface area contributed by atoms with Crippen molar-refractivity contribution in [2.75, 3.05) is 5.32 Å². The average molecular weight is 288 g/mol. The molecular weight excluding hydrogens is 281 g/mol. The second-order valence-electron chi connectivity index (χ2n) is 3.25. The summed E-state index contributed by atoms with van der Waals surface area (Å²) in [6.45, 7) is 0. The highest BCUT2D eigenvalue weighted by Crippen LogP contribution is 2.24. The molecule has 6 heteroatoms. The van der Waals surface area contributed by atoms with Gasteiger partial charge in [-0.3, -0.25) is 4.79 Å². The Morgan fingerprint density at radius 1 is 1.41 bits per heavy atom. The summed E-state index contributed by atoms with van der Waals surface area (Å²) in [5.74, 6) is -0.731. The van der Waals surface area contributed by atoms with Gasteiger partial charge < -0.3 is 5.32 Å². The Hall–Kier alpha value is -1.04. The molecule has 0 aliphatic carbocycles. The van der Waals surface area contributed by atoms with Crippen LogP contribution in [0.5, 0.6) is 0 Å². The number of benzene rings is 1. The molecule has 2 rings (SSSR count). The Balaban J connectivity index is 2.18. The molecule has 0 atom stereocenters. The molecule has 0 saturated heterocycles. The number of hydrogen-bond acceptors (Lipinski definition) is 3. The van der Waals surface area contributed by atoms with Crippen LogP contribution in [0.2, 0.25) is 5.02 Å². The van der Waals surface area contributed by atoms with Crippen LogP contribution in [0.1, 0.15) is 9.67 Å². The molecule has 1 aromatic heterocycles. The van der Waals surface area contributed by atoms with Crippen LogP contribution in [-0.4, -0.2) is 5.91 Å². The number of halogens is 2. The van der Waals surface area contributed by atoms with Crippen molar-refractivity contribution in [2.24, 2.45) is 0 Å². The van der Waals surface area contributed by atoms with Crippen molar-refractivity contribution >= 4 is 47.2 Å². The van der Waals surface area contributed by atoms with Gasteiger partial charge in [0.25, 0.3) is 5.91 Å². The second kappa shape index (κ2) is 5.08. The van der Waals surface area contributed by atoms with E-state index in [-0.39, 0.29) is 10.9 Å². The van der Waals surface area contributed by atoms with Crippen molar-refractivity contribution in [3.05, 3.63) is 45.4 Å². The lowest BCUT2D eigenvalue weighted by Crippen LogP contribution is -2.10. The lowest BCUT2D eigenvalue weighted by atomic mass is 10.3. The normalized spacial score (nSPS) is 10.3. The molecular formula is C11H7ClFNOS2. The Kier molecular flexibility index (Phi) is 3.71. The molecule has 0 saturated carbocycles. The number of rotatable bonds is 2. The Morgan fingerprint density at radius 2 is 2.18 bits per heavy atom. The minimum Gasteiger partial charge on any atom is -0.320 e. The highest BCUT2D eigenvalue weighted by atomic mass is 35.5. The summed E-state index contributed by atoms with van der Waals surface area (Å²) in [7, 11) is 0. The zero-order valence-electron chi connectivity index (χ0n) is 8.41. The van der Waals surface area contributed by atoms with Gasteiger partial charge >= 0.3 is 0 Å². The molecule has 2 aromatic rings. The van der Waals surface area contributed by atoms with Crippen LogP contribution >= 0.6 is 35.6 Å². The van der Waals surface area contributed by atoms with Crippen LogP contribution in [0.25, 0.3) is 0 Å². The molecule has 0 radical (unpaired) electrons. The fourth-order valence-corrected chi connectivity index (χ4v) is 2.48. The van der Waals surface area contributed by atoms with Crippen LogP contribution in [0.4, 0.5) is 10.1 Å². The van der Waals surface area contributed by atoms with Gasteiger partial charge in [0.2, 0.25) is 0 Å². The SMILES string of the molecule is O=C(Nc1ccc(F)cc1Cl)c1cc(S)cs1. The average Bonchev–Trinajstić information content (AvgIpc) is 2.69. The zero-order valence-corrected chi connectivity index (χ0v) is 10.9. The van der Waals surface area contributed by atoms with Gasteiger partial charge in [0.1, 0.15) is 5.82 Å². The number of amides is 1. The van der Waals surface area contributed by atoms with Crippen LogP contribution in [0, 0.1) is 5.82 Å². The highest BCUT2D eigenvalue weighted by Gasteiger charge is 2.10. The first-order valence-electron chi connectivity index (χ1n) is 4.60. The van der Waals surface area contributed by atoms with Crippen molar-refractivity contribution < 1.29 is 9.18 Å². The summed E-state index contributed by atoms with van der Waals surface area (Å²) in [5, 5.41) is 4.53. The molecule has 17 heavy (non-hydrogen) atoms. The highest BCUT2D eigenvalue weighted by molar-refractivity contribution is 7.80. The lowest BCUT2D eigenvalue weighted by Gasteiger charge is -2.05. The van der Waals surface area contributed by atoms with E-state index in [1.165, 1.54) is 23.5 Å². The van der Waals surface area contributed by atoms with Gasteiger partial charge in [-0.1, -0.05) is 11.6 Å². The minimum absolute atomic E-state index is 0.168. The van der Waals surface area contributed by atoms with Gasteiger partial charge in [-0.05, 0) is 24.3 Å². The maximum Gasteiger partial charge on any atom is 0.265 e.